The molecule has 2 N–H and O–H groups in total. The van der Waals surface area contributed by atoms with Crippen LogP contribution >= 0.6 is 0 Å². The molecule has 0 spiro atoms. The molecule has 7 nitrogen and oxygen atoms in total. The molecule has 0 radical (unpaired) electrons. The van der Waals surface area contributed by atoms with E-state index >= 15 is 0 Å². The van der Waals surface area contributed by atoms with Gasteiger partial charge in [0.1, 0.15) is 11.3 Å². The van der Waals surface area contributed by atoms with E-state index in [1.807, 2.05) is 13.0 Å². The molecule has 0 unspecified atom stereocenters. The van der Waals surface area contributed by atoms with Gasteiger partial charge in [0.25, 0.3) is 0 Å². The highest BCUT2D eigenvalue weighted by molar-refractivity contribution is 5.92. The van der Waals surface area contributed by atoms with Gasteiger partial charge in [0.15, 0.2) is 0 Å². The van der Waals surface area contributed by atoms with Crippen LogP contribution in [-0.4, -0.2) is 53.3 Å². The molecule has 132 valence electrons. The number of hydrogen-bond acceptors (Lipinski definition) is 6. The Morgan fingerprint density at radius 2 is 2.28 bits per heavy atom. The number of carbonyl (C=O) groups is 1. The van der Waals surface area contributed by atoms with E-state index in [-0.39, 0.29) is 5.56 Å². The largest absolute Gasteiger partial charge is 0.493 e. The Balaban J connectivity index is 1.92. The lowest BCUT2D eigenvalue weighted by Gasteiger charge is -2.31. The van der Waals surface area contributed by atoms with E-state index in [9.17, 15) is 9.90 Å². The van der Waals surface area contributed by atoms with Crippen LogP contribution in [0, 0.1) is 0 Å². The summed E-state index contributed by atoms with van der Waals surface area (Å²) in [4.78, 5) is 22.6. The van der Waals surface area contributed by atoms with Gasteiger partial charge < -0.3 is 20.1 Å². The Kier molecular flexibility index (Phi) is 5.14. The van der Waals surface area contributed by atoms with Crippen LogP contribution in [0.25, 0.3) is 11.3 Å². The van der Waals surface area contributed by atoms with Crippen molar-refractivity contribution in [1.29, 1.82) is 0 Å². The fraction of sp³-hybridized carbons (Fsp3) is 0.389. The van der Waals surface area contributed by atoms with Crippen LogP contribution in [0.2, 0.25) is 0 Å². The van der Waals surface area contributed by atoms with Crippen molar-refractivity contribution in [2.45, 2.75) is 19.9 Å². The van der Waals surface area contributed by atoms with E-state index in [1.165, 1.54) is 0 Å². The Morgan fingerprint density at radius 3 is 3.00 bits per heavy atom. The number of hydrogen-bond donors (Lipinski definition) is 2. The minimum atomic E-state index is -1.02. The van der Waals surface area contributed by atoms with Gasteiger partial charge in [-0.25, -0.2) is 14.8 Å². The molecule has 1 saturated heterocycles. The molecule has 0 aliphatic carbocycles. The number of nitrogens with one attached hydrogen (secondary N) is 1. The summed E-state index contributed by atoms with van der Waals surface area (Å²) in [6.45, 7) is 6.94. The summed E-state index contributed by atoms with van der Waals surface area (Å²) in [6, 6.07) is 7.27. The lowest BCUT2D eigenvalue weighted by atomic mass is 10.1. The predicted molar refractivity (Wildman–Crippen MR) is 95.3 cm³/mol. The van der Waals surface area contributed by atoms with E-state index in [2.05, 4.69) is 27.1 Å². The number of aromatic nitrogens is 2. The standard InChI is InChI=1S/C18H22N4O3/c1-3-25-16-5-4-13(10-14(16)17(23)24)15-6-7-20-18(21-15)22-9-8-19-12(2)11-22/h4-7,10,12,19H,3,8-9,11H2,1-2H3,(H,23,24)/t12-/m0/s1. The highest BCUT2D eigenvalue weighted by Gasteiger charge is 2.19. The third-order valence-corrected chi connectivity index (χ3v) is 4.10. The minimum Gasteiger partial charge on any atom is -0.493 e. The quantitative estimate of drug-likeness (QED) is 0.859. The van der Waals surface area contributed by atoms with Gasteiger partial charge >= 0.3 is 5.97 Å². The first-order chi connectivity index (χ1) is 12.1. The monoisotopic (exact) mass is 342 g/mol. The zero-order valence-electron chi connectivity index (χ0n) is 14.4. The first-order valence-electron chi connectivity index (χ1n) is 8.40. The zero-order chi connectivity index (χ0) is 17.8. The second-order valence-corrected chi connectivity index (χ2v) is 5.99. The molecule has 1 aliphatic heterocycles. The number of benzene rings is 1. The summed E-state index contributed by atoms with van der Waals surface area (Å²) < 4.78 is 5.39. The van der Waals surface area contributed by atoms with Crippen molar-refractivity contribution in [3.8, 4) is 17.0 Å². The lowest BCUT2D eigenvalue weighted by molar-refractivity contribution is 0.0692. The number of ether oxygens (including phenoxy) is 1. The number of carboxylic acid groups (broad SMARTS) is 1. The van der Waals surface area contributed by atoms with Crippen molar-refractivity contribution >= 4 is 11.9 Å². The van der Waals surface area contributed by atoms with Crippen LogP contribution in [0.3, 0.4) is 0 Å². The Hall–Kier alpha value is -2.67. The topological polar surface area (TPSA) is 87.6 Å². The fourth-order valence-electron chi connectivity index (χ4n) is 2.91. The average Bonchev–Trinajstić information content (AvgIpc) is 2.62. The van der Waals surface area contributed by atoms with Gasteiger partial charge in [-0.2, -0.15) is 0 Å². The lowest BCUT2D eigenvalue weighted by Crippen LogP contribution is -2.49. The minimum absolute atomic E-state index is 0.135. The molecule has 25 heavy (non-hydrogen) atoms. The summed E-state index contributed by atoms with van der Waals surface area (Å²) in [6.07, 6.45) is 1.71. The van der Waals surface area contributed by atoms with E-state index in [0.29, 0.717) is 30.0 Å². The van der Waals surface area contributed by atoms with Crippen molar-refractivity contribution in [2.75, 3.05) is 31.1 Å². The molecule has 2 aromatic rings. The highest BCUT2D eigenvalue weighted by Crippen LogP contribution is 2.27. The van der Waals surface area contributed by atoms with Gasteiger partial charge in [0.2, 0.25) is 5.95 Å². The maximum Gasteiger partial charge on any atom is 0.339 e. The van der Waals surface area contributed by atoms with E-state index in [4.69, 9.17) is 4.74 Å². The summed E-state index contributed by atoms with van der Waals surface area (Å²) in [5.74, 6) is 0.0103. The van der Waals surface area contributed by atoms with E-state index in [1.54, 1.807) is 24.4 Å². The number of anilines is 1. The van der Waals surface area contributed by atoms with Gasteiger partial charge in [0.05, 0.1) is 12.3 Å². The van der Waals surface area contributed by atoms with Gasteiger partial charge in [0, 0.05) is 37.4 Å². The van der Waals surface area contributed by atoms with Gasteiger partial charge in [-0.1, -0.05) is 0 Å². The number of nitrogens with zero attached hydrogens (tertiary/aromatic N) is 3. The van der Waals surface area contributed by atoms with Crippen LogP contribution in [0.1, 0.15) is 24.2 Å². The molecular weight excluding hydrogens is 320 g/mol. The van der Waals surface area contributed by atoms with Crippen molar-refractivity contribution in [3.05, 3.63) is 36.0 Å². The smallest absolute Gasteiger partial charge is 0.339 e. The van der Waals surface area contributed by atoms with Gasteiger partial charge in [-0.3, -0.25) is 0 Å². The van der Waals surface area contributed by atoms with Crippen molar-refractivity contribution in [1.82, 2.24) is 15.3 Å². The summed E-state index contributed by atoms with van der Waals surface area (Å²) in [7, 11) is 0. The van der Waals surface area contributed by atoms with Crippen LogP contribution in [-0.2, 0) is 0 Å². The van der Waals surface area contributed by atoms with Crippen LogP contribution in [0.15, 0.2) is 30.5 Å². The normalized spacial score (nSPS) is 17.4. The first kappa shape index (κ1) is 17.2. The molecule has 1 aromatic carbocycles. The van der Waals surface area contributed by atoms with E-state index in [0.717, 1.165) is 25.2 Å². The van der Waals surface area contributed by atoms with Crippen LogP contribution in [0.4, 0.5) is 5.95 Å². The molecule has 2 heterocycles. The van der Waals surface area contributed by atoms with Crippen LogP contribution in [0.5, 0.6) is 5.75 Å². The van der Waals surface area contributed by atoms with Crippen molar-refractivity contribution in [2.24, 2.45) is 0 Å². The molecule has 3 rings (SSSR count). The molecule has 1 fully saturated rings. The summed E-state index contributed by atoms with van der Waals surface area (Å²) >= 11 is 0. The third-order valence-electron chi connectivity index (χ3n) is 4.10. The molecule has 1 aromatic heterocycles. The molecular formula is C18H22N4O3. The maximum absolute atomic E-state index is 11.5. The summed E-state index contributed by atoms with van der Waals surface area (Å²) in [5, 5.41) is 12.8. The second kappa shape index (κ2) is 7.48. The molecule has 0 saturated carbocycles. The molecule has 1 atom stereocenters. The molecule has 7 heteroatoms. The molecule has 0 bridgehead atoms. The number of carboxylic acids is 1. The van der Waals surface area contributed by atoms with Crippen molar-refractivity contribution < 1.29 is 14.6 Å². The predicted octanol–water partition coefficient (Wildman–Crippen LogP) is 2.04. The Morgan fingerprint density at radius 1 is 1.44 bits per heavy atom. The number of piperazine rings is 1. The third kappa shape index (κ3) is 3.88. The Bertz CT molecular complexity index is 766. The van der Waals surface area contributed by atoms with Crippen molar-refractivity contribution in [3.63, 3.8) is 0 Å². The SMILES string of the molecule is CCOc1ccc(-c2ccnc(N3CCN[C@@H](C)C3)n2)cc1C(=O)O. The fourth-order valence-corrected chi connectivity index (χ4v) is 2.91. The molecule has 1 aliphatic rings. The van der Waals surface area contributed by atoms with Crippen LogP contribution < -0.4 is 15.0 Å². The first-order valence-corrected chi connectivity index (χ1v) is 8.40. The zero-order valence-corrected chi connectivity index (χ0v) is 14.4. The number of rotatable bonds is 5. The average molecular weight is 342 g/mol. The molecule has 0 amide bonds. The Labute approximate surface area is 146 Å². The van der Waals surface area contributed by atoms with Gasteiger partial charge in [-0.15, -0.1) is 0 Å². The second-order valence-electron chi connectivity index (χ2n) is 5.99. The van der Waals surface area contributed by atoms with E-state index < -0.39 is 5.97 Å². The van der Waals surface area contributed by atoms with Gasteiger partial charge in [-0.05, 0) is 38.1 Å². The number of aromatic carboxylic acids is 1. The summed E-state index contributed by atoms with van der Waals surface area (Å²) in [5.41, 5.74) is 1.56. The maximum atomic E-state index is 11.5. The highest BCUT2D eigenvalue weighted by atomic mass is 16.5.